The number of hydrogen-bond donors (Lipinski definition) is 2. The van der Waals surface area contributed by atoms with Crippen molar-refractivity contribution in [2.75, 3.05) is 38.1 Å². The summed E-state index contributed by atoms with van der Waals surface area (Å²) < 4.78 is 37.2. The minimum atomic E-state index is -4.35. The van der Waals surface area contributed by atoms with Gasteiger partial charge in [-0.1, -0.05) is 0 Å². The molecule has 1 aliphatic rings. The largest absolute Gasteiger partial charge is 0.417 e. The van der Waals surface area contributed by atoms with E-state index >= 15 is 0 Å². The number of halogens is 3. The number of pyridine rings is 1. The van der Waals surface area contributed by atoms with E-state index in [0.29, 0.717) is 18.3 Å². The zero-order chi connectivity index (χ0) is 15.3. The molecule has 2 heterocycles. The second kappa shape index (κ2) is 7.09. The van der Waals surface area contributed by atoms with Crippen LogP contribution in [0.15, 0.2) is 18.3 Å². The third kappa shape index (κ3) is 4.86. The molecule has 1 aromatic rings. The lowest BCUT2D eigenvalue weighted by atomic mass is 9.99. The van der Waals surface area contributed by atoms with E-state index in [4.69, 9.17) is 5.11 Å². The topological polar surface area (TPSA) is 48.4 Å². The highest BCUT2D eigenvalue weighted by atomic mass is 19.4. The summed E-state index contributed by atoms with van der Waals surface area (Å²) in [7, 11) is 0. The van der Waals surface area contributed by atoms with Crippen molar-refractivity contribution in [2.24, 2.45) is 5.92 Å². The molecule has 2 rings (SSSR count). The van der Waals surface area contributed by atoms with Crippen LogP contribution in [0.2, 0.25) is 0 Å². The van der Waals surface area contributed by atoms with Crippen molar-refractivity contribution >= 4 is 5.82 Å². The average Bonchev–Trinajstić information content (AvgIpc) is 2.47. The molecule has 21 heavy (non-hydrogen) atoms. The molecule has 0 bridgehead atoms. The Balaban J connectivity index is 1.76. The number of aliphatic hydroxyl groups excluding tert-OH is 1. The summed E-state index contributed by atoms with van der Waals surface area (Å²) in [6.07, 6.45) is -1.38. The molecule has 1 fully saturated rings. The van der Waals surface area contributed by atoms with E-state index in [1.165, 1.54) is 6.07 Å². The van der Waals surface area contributed by atoms with E-state index in [0.717, 1.165) is 44.7 Å². The van der Waals surface area contributed by atoms with Gasteiger partial charge >= 0.3 is 6.18 Å². The van der Waals surface area contributed by atoms with Crippen LogP contribution in [0, 0.1) is 5.92 Å². The summed E-state index contributed by atoms with van der Waals surface area (Å²) in [6, 6.07) is 2.37. The molecule has 0 unspecified atom stereocenters. The predicted octanol–water partition coefficient (Wildman–Crippen LogP) is 2.22. The minimum absolute atomic E-state index is 0.213. The fourth-order valence-corrected chi connectivity index (χ4v) is 2.51. The van der Waals surface area contributed by atoms with Crippen molar-refractivity contribution in [3.05, 3.63) is 23.9 Å². The van der Waals surface area contributed by atoms with E-state index < -0.39 is 11.7 Å². The van der Waals surface area contributed by atoms with Gasteiger partial charge in [0.1, 0.15) is 5.82 Å². The molecule has 118 valence electrons. The van der Waals surface area contributed by atoms with Gasteiger partial charge in [0.15, 0.2) is 0 Å². The van der Waals surface area contributed by atoms with Gasteiger partial charge in [0.05, 0.1) is 5.56 Å². The number of nitrogens with zero attached hydrogens (tertiary/aromatic N) is 2. The first kappa shape index (κ1) is 16.0. The molecule has 1 aromatic heterocycles. The smallest absolute Gasteiger partial charge is 0.396 e. The molecule has 4 nitrogen and oxygen atoms in total. The Labute approximate surface area is 122 Å². The van der Waals surface area contributed by atoms with Gasteiger partial charge in [-0.05, 0) is 37.4 Å². The van der Waals surface area contributed by atoms with Crippen LogP contribution in [-0.4, -0.2) is 47.8 Å². The Kier molecular flexibility index (Phi) is 5.41. The lowest BCUT2D eigenvalue weighted by Gasteiger charge is -2.31. The average molecular weight is 303 g/mol. The lowest BCUT2D eigenvalue weighted by Crippen LogP contribution is -2.39. The Hall–Kier alpha value is -1.34. The fraction of sp³-hybridized carbons (Fsp3) is 0.643. The molecular weight excluding hydrogens is 283 g/mol. The quantitative estimate of drug-likeness (QED) is 0.875. The number of alkyl halides is 3. The van der Waals surface area contributed by atoms with Crippen LogP contribution in [0.4, 0.5) is 19.0 Å². The predicted molar refractivity (Wildman–Crippen MR) is 74.0 cm³/mol. The molecule has 0 spiro atoms. The van der Waals surface area contributed by atoms with Crippen molar-refractivity contribution in [1.29, 1.82) is 0 Å². The molecular formula is C14H20F3N3O. The first-order valence-corrected chi connectivity index (χ1v) is 7.09. The highest BCUT2D eigenvalue weighted by Gasteiger charge is 2.30. The van der Waals surface area contributed by atoms with Crippen molar-refractivity contribution in [2.45, 2.75) is 19.0 Å². The Morgan fingerprint density at radius 2 is 2.19 bits per heavy atom. The van der Waals surface area contributed by atoms with Gasteiger partial charge in [-0.2, -0.15) is 13.2 Å². The van der Waals surface area contributed by atoms with Crippen LogP contribution in [0.25, 0.3) is 0 Å². The Morgan fingerprint density at radius 3 is 2.81 bits per heavy atom. The third-order valence-electron chi connectivity index (χ3n) is 3.69. The first-order chi connectivity index (χ1) is 9.99. The van der Waals surface area contributed by atoms with Gasteiger partial charge < -0.3 is 15.3 Å². The van der Waals surface area contributed by atoms with E-state index in [1.807, 2.05) is 0 Å². The molecule has 0 saturated carbocycles. The van der Waals surface area contributed by atoms with Gasteiger partial charge in [-0.3, -0.25) is 0 Å². The molecule has 7 heteroatoms. The molecule has 1 aliphatic heterocycles. The van der Waals surface area contributed by atoms with Gasteiger partial charge in [0, 0.05) is 32.4 Å². The minimum Gasteiger partial charge on any atom is -0.396 e. The molecule has 0 aromatic carbocycles. The second-order valence-corrected chi connectivity index (χ2v) is 5.35. The highest BCUT2D eigenvalue weighted by Crippen LogP contribution is 2.28. The van der Waals surface area contributed by atoms with E-state index in [1.54, 1.807) is 0 Å². The molecule has 0 aliphatic carbocycles. The zero-order valence-electron chi connectivity index (χ0n) is 11.7. The van der Waals surface area contributed by atoms with Crippen molar-refractivity contribution in [3.63, 3.8) is 0 Å². The lowest BCUT2D eigenvalue weighted by molar-refractivity contribution is -0.137. The van der Waals surface area contributed by atoms with E-state index in [9.17, 15) is 13.2 Å². The highest BCUT2D eigenvalue weighted by molar-refractivity contribution is 5.36. The summed E-state index contributed by atoms with van der Waals surface area (Å²) in [5, 5.41) is 12.2. The number of rotatable bonds is 5. The zero-order valence-corrected chi connectivity index (χ0v) is 11.7. The first-order valence-electron chi connectivity index (χ1n) is 7.09. The van der Waals surface area contributed by atoms with Crippen LogP contribution in [-0.2, 0) is 6.18 Å². The maximum absolute atomic E-state index is 12.4. The molecule has 0 amide bonds. The SMILES string of the molecule is OC[C@@H]1CCCN(CCNc2ccc(C(F)(F)F)cn2)C1. The van der Waals surface area contributed by atoms with Crippen LogP contribution >= 0.6 is 0 Å². The normalized spacial score (nSPS) is 20.5. The molecule has 1 saturated heterocycles. The number of nitrogens with one attached hydrogen (secondary N) is 1. The summed E-state index contributed by atoms with van der Waals surface area (Å²) in [5.74, 6) is 0.779. The summed E-state index contributed by atoms with van der Waals surface area (Å²) in [4.78, 5) is 6.02. The molecule has 0 radical (unpaired) electrons. The summed E-state index contributed by atoms with van der Waals surface area (Å²) in [6.45, 7) is 3.50. The Morgan fingerprint density at radius 1 is 1.38 bits per heavy atom. The van der Waals surface area contributed by atoms with Crippen molar-refractivity contribution in [1.82, 2.24) is 9.88 Å². The summed E-state index contributed by atoms with van der Waals surface area (Å²) >= 11 is 0. The van der Waals surface area contributed by atoms with E-state index in [2.05, 4.69) is 15.2 Å². The maximum atomic E-state index is 12.4. The van der Waals surface area contributed by atoms with Gasteiger partial charge in [0.2, 0.25) is 0 Å². The maximum Gasteiger partial charge on any atom is 0.417 e. The van der Waals surface area contributed by atoms with Crippen LogP contribution in [0.3, 0.4) is 0 Å². The van der Waals surface area contributed by atoms with Gasteiger partial charge in [-0.25, -0.2) is 4.98 Å². The number of piperidine rings is 1. The summed E-state index contributed by atoms with van der Waals surface area (Å²) in [5.41, 5.74) is -0.741. The van der Waals surface area contributed by atoms with Crippen molar-refractivity contribution < 1.29 is 18.3 Å². The monoisotopic (exact) mass is 303 g/mol. The Bertz CT molecular complexity index is 436. The van der Waals surface area contributed by atoms with Crippen LogP contribution in [0.1, 0.15) is 18.4 Å². The van der Waals surface area contributed by atoms with Crippen LogP contribution < -0.4 is 5.32 Å². The number of anilines is 1. The number of aromatic nitrogens is 1. The number of hydrogen-bond acceptors (Lipinski definition) is 4. The standard InChI is InChI=1S/C14H20F3N3O/c15-14(16,17)12-3-4-13(19-8-12)18-5-7-20-6-1-2-11(9-20)10-21/h3-4,8,11,21H,1-2,5-7,9-10H2,(H,18,19)/t11-/m1/s1. The number of likely N-dealkylation sites (tertiary alicyclic amines) is 1. The fourth-order valence-electron chi connectivity index (χ4n) is 2.51. The molecule has 2 N–H and O–H groups in total. The molecule has 1 atom stereocenters. The third-order valence-corrected chi connectivity index (χ3v) is 3.69. The number of aliphatic hydroxyl groups is 1. The van der Waals surface area contributed by atoms with Gasteiger partial charge in [0.25, 0.3) is 0 Å². The van der Waals surface area contributed by atoms with Gasteiger partial charge in [-0.15, -0.1) is 0 Å². The van der Waals surface area contributed by atoms with Crippen LogP contribution in [0.5, 0.6) is 0 Å². The van der Waals surface area contributed by atoms with E-state index in [-0.39, 0.29) is 6.61 Å². The van der Waals surface area contributed by atoms with Crippen molar-refractivity contribution in [3.8, 4) is 0 Å². The second-order valence-electron chi connectivity index (χ2n) is 5.35.